The topological polar surface area (TPSA) is 81.6 Å². The highest BCUT2D eigenvalue weighted by Gasteiger charge is 2.41. The van der Waals surface area contributed by atoms with Gasteiger partial charge in [0.25, 0.3) is 0 Å². The van der Waals surface area contributed by atoms with E-state index in [-0.39, 0.29) is 0 Å². The van der Waals surface area contributed by atoms with Crippen molar-refractivity contribution in [3.63, 3.8) is 0 Å². The van der Waals surface area contributed by atoms with E-state index in [2.05, 4.69) is 55.4 Å². The summed E-state index contributed by atoms with van der Waals surface area (Å²) < 4.78 is 0. The third-order valence-corrected chi connectivity index (χ3v) is 8.45. The first-order valence-corrected chi connectivity index (χ1v) is 13.4. The molecule has 3 heterocycles. The number of anilines is 1. The smallest absolute Gasteiger partial charge is 0.303 e. The molecule has 35 heavy (non-hydrogen) atoms. The van der Waals surface area contributed by atoms with Crippen molar-refractivity contribution in [3.05, 3.63) is 54.4 Å². The Balaban J connectivity index is 1.23. The van der Waals surface area contributed by atoms with Crippen molar-refractivity contribution in [1.82, 2.24) is 19.8 Å². The van der Waals surface area contributed by atoms with Crippen LogP contribution in [-0.2, 0) is 4.79 Å². The van der Waals surface area contributed by atoms with E-state index in [1.54, 1.807) is 12.4 Å². The lowest BCUT2D eigenvalue weighted by molar-refractivity contribution is -0.139. The molecule has 2 N–H and O–H groups in total. The lowest BCUT2D eigenvalue weighted by atomic mass is 9.81. The molecule has 1 saturated carbocycles. The van der Waals surface area contributed by atoms with Gasteiger partial charge >= 0.3 is 5.97 Å². The molecule has 1 aromatic carbocycles. The molecule has 5 rings (SSSR count). The van der Waals surface area contributed by atoms with Gasteiger partial charge in [0.15, 0.2) is 0 Å². The largest absolute Gasteiger partial charge is 0.481 e. The molecule has 2 aromatic rings. The van der Waals surface area contributed by atoms with Gasteiger partial charge in [-0.1, -0.05) is 43.2 Å². The highest BCUT2D eigenvalue weighted by Crippen LogP contribution is 2.39. The number of hydrogen-bond acceptors (Lipinski definition) is 6. The molecule has 1 aromatic heterocycles. The minimum absolute atomic E-state index is 0.290. The summed E-state index contributed by atoms with van der Waals surface area (Å²) in [6.45, 7) is 5.43. The van der Waals surface area contributed by atoms with Gasteiger partial charge in [0.2, 0.25) is 5.95 Å². The van der Waals surface area contributed by atoms with Crippen molar-refractivity contribution in [2.24, 2.45) is 11.8 Å². The van der Waals surface area contributed by atoms with Crippen LogP contribution in [0.4, 0.5) is 5.95 Å². The Bertz CT molecular complexity index is 935. The van der Waals surface area contributed by atoms with Crippen LogP contribution < -0.4 is 5.32 Å². The lowest BCUT2D eigenvalue weighted by Gasteiger charge is -2.38. The normalized spacial score (nSPS) is 28.7. The van der Waals surface area contributed by atoms with Crippen LogP contribution in [0.5, 0.6) is 0 Å². The fourth-order valence-corrected chi connectivity index (χ4v) is 6.72. The summed E-state index contributed by atoms with van der Waals surface area (Å²) in [4.78, 5) is 25.5. The molecule has 2 saturated heterocycles. The summed E-state index contributed by atoms with van der Waals surface area (Å²) in [5, 5.41) is 13.0. The molecule has 2 aliphatic heterocycles. The van der Waals surface area contributed by atoms with Crippen molar-refractivity contribution in [2.45, 2.75) is 62.9 Å². The maximum atomic E-state index is 11.5. The minimum Gasteiger partial charge on any atom is -0.481 e. The number of carboxylic acids is 1. The van der Waals surface area contributed by atoms with Gasteiger partial charge in [0, 0.05) is 69.5 Å². The van der Waals surface area contributed by atoms with Gasteiger partial charge < -0.3 is 15.3 Å². The van der Waals surface area contributed by atoms with E-state index in [1.165, 1.54) is 18.4 Å². The maximum absolute atomic E-state index is 11.5. The van der Waals surface area contributed by atoms with Gasteiger partial charge in [-0.3, -0.25) is 9.69 Å². The van der Waals surface area contributed by atoms with Gasteiger partial charge in [-0.15, -0.1) is 0 Å². The van der Waals surface area contributed by atoms with Crippen LogP contribution >= 0.6 is 0 Å². The quantitative estimate of drug-likeness (QED) is 0.592. The Morgan fingerprint density at radius 1 is 0.943 bits per heavy atom. The number of nitrogens with one attached hydrogen (secondary N) is 1. The van der Waals surface area contributed by atoms with Gasteiger partial charge in [-0.25, -0.2) is 9.97 Å². The van der Waals surface area contributed by atoms with Crippen LogP contribution in [0.2, 0.25) is 0 Å². The SMILES string of the molecule is O=C(O)CC1CCCC[C@H]1N1C[C@H](CN2CCC(Nc3ncccn3)CC2)[C@@H](c2ccccc2)C1. The first-order chi connectivity index (χ1) is 17.2. The van der Waals surface area contributed by atoms with Crippen molar-refractivity contribution >= 4 is 11.9 Å². The Labute approximate surface area is 209 Å². The summed E-state index contributed by atoms with van der Waals surface area (Å²) in [6, 6.07) is 13.7. The fourth-order valence-electron chi connectivity index (χ4n) is 6.72. The van der Waals surface area contributed by atoms with E-state index in [0.717, 1.165) is 64.4 Å². The molecule has 0 amide bonds. The number of benzene rings is 1. The molecule has 0 radical (unpaired) electrons. The van der Waals surface area contributed by atoms with Crippen LogP contribution in [0.1, 0.15) is 56.4 Å². The molecule has 0 spiro atoms. The number of aromatic nitrogens is 2. The molecule has 7 heteroatoms. The summed E-state index contributed by atoms with van der Waals surface area (Å²) >= 11 is 0. The number of carbonyl (C=O) groups is 1. The van der Waals surface area contributed by atoms with Crippen molar-refractivity contribution in [3.8, 4) is 0 Å². The highest BCUT2D eigenvalue weighted by atomic mass is 16.4. The fraction of sp³-hybridized carbons (Fsp3) is 0.607. The first-order valence-electron chi connectivity index (χ1n) is 13.4. The Hall–Kier alpha value is -2.51. The zero-order chi connectivity index (χ0) is 24.0. The predicted octanol–water partition coefficient (Wildman–Crippen LogP) is 4.10. The molecular formula is C28H39N5O2. The number of hydrogen-bond donors (Lipinski definition) is 2. The molecule has 1 aliphatic carbocycles. The van der Waals surface area contributed by atoms with E-state index >= 15 is 0 Å². The number of piperidine rings is 1. The number of nitrogens with zero attached hydrogens (tertiary/aromatic N) is 4. The molecule has 3 aliphatic rings. The van der Waals surface area contributed by atoms with Gasteiger partial charge in [-0.2, -0.15) is 0 Å². The standard InChI is InChI=1S/C28H39N5O2/c34-27(35)17-22-9-4-5-10-26(22)33-19-23(25(20-33)21-7-2-1-3-8-21)18-32-15-11-24(12-16-32)31-28-29-13-6-14-30-28/h1-3,6-8,13-14,22-26H,4-5,9-12,15-20H2,(H,34,35)(H,29,30,31)/t22?,23-,25+,26+/m0/s1. The molecule has 7 nitrogen and oxygen atoms in total. The van der Waals surface area contributed by atoms with Gasteiger partial charge in [0.05, 0.1) is 0 Å². The first kappa shape index (κ1) is 24.2. The second kappa shape index (κ2) is 11.5. The summed E-state index contributed by atoms with van der Waals surface area (Å²) in [6.07, 6.45) is 10.7. The monoisotopic (exact) mass is 477 g/mol. The van der Waals surface area contributed by atoms with Crippen LogP contribution in [0.25, 0.3) is 0 Å². The van der Waals surface area contributed by atoms with E-state index < -0.39 is 5.97 Å². The zero-order valence-corrected chi connectivity index (χ0v) is 20.6. The second-order valence-corrected chi connectivity index (χ2v) is 10.7. The number of likely N-dealkylation sites (tertiary alicyclic amines) is 2. The number of aliphatic carboxylic acids is 1. The van der Waals surface area contributed by atoms with E-state index in [9.17, 15) is 9.90 Å². The molecule has 1 unspecified atom stereocenters. The van der Waals surface area contributed by atoms with Crippen LogP contribution in [0.15, 0.2) is 48.8 Å². The zero-order valence-electron chi connectivity index (χ0n) is 20.6. The third kappa shape index (κ3) is 6.19. The van der Waals surface area contributed by atoms with E-state index in [0.29, 0.717) is 36.3 Å². The van der Waals surface area contributed by atoms with Crippen LogP contribution in [0, 0.1) is 11.8 Å². The predicted molar refractivity (Wildman–Crippen MR) is 137 cm³/mol. The van der Waals surface area contributed by atoms with Crippen LogP contribution in [-0.4, -0.2) is 75.7 Å². The van der Waals surface area contributed by atoms with Gasteiger partial charge in [-0.05, 0) is 49.1 Å². The van der Waals surface area contributed by atoms with Gasteiger partial charge in [0.1, 0.15) is 0 Å². The Morgan fingerprint density at radius 2 is 1.69 bits per heavy atom. The summed E-state index contributed by atoms with van der Waals surface area (Å²) in [7, 11) is 0. The summed E-state index contributed by atoms with van der Waals surface area (Å²) in [5.74, 6) is 1.46. The average Bonchev–Trinajstić information content (AvgIpc) is 3.30. The van der Waals surface area contributed by atoms with Crippen molar-refractivity contribution in [1.29, 1.82) is 0 Å². The number of rotatable bonds is 8. The molecular weight excluding hydrogens is 438 g/mol. The second-order valence-electron chi connectivity index (χ2n) is 10.7. The van der Waals surface area contributed by atoms with Crippen LogP contribution in [0.3, 0.4) is 0 Å². The molecule has 188 valence electrons. The molecule has 3 fully saturated rings. The minimum atomic E-state index is -0.644. The van der Waals surface area contributed by atoms with E-state index in [4.69, 9.17) is 0 Å². The van der Waals surface area contributed by atoms with Crippen molar-refractivity contribution in [2.75, 3.05) is 38.0 Å². The Morgan fingerprint density at radius 3 is 2.43 bits per heavy atom. The van der Waals surface area contributed by atoms with E-state index in [1.807, 2.05) is 6.07 Å². The number of carboxylic acid groups (broad SMARTS) is 1. The van der Waals surface area contributed by atoms with Crippen molar-refractivity contribution < 1.29 is 9.90 Å². The average molecular weight is 478 g/mol. The third-order valence-electron chi connectivity index (χ3n) is 8.45. The lowest BCUT2D eigenvalue weighted by Crippen LogP contribution is -2.44. The molecule has 0 bridgehead atoms. The summed E-state index contributed by atoms with van der Waals surface area (Å²) in [5.41, 5.74) is 1.43. The highest BCUT2D eigenvalue weighted by molar-refractivity contribution is 5.67. The Kier molecular flexibility index (Phi) is 7.94. The molecule has 4 atom stereocenters. The maximum Gasteiger partial charge on any atom is 0.303 e.